The zero-order valence-corrected chi connectivity index (χ0v) is 10.6. The van der Waals surface area contributed by atoms with Crippen LogP contribution in [0.3, 0.4) is 0 Å². The summed E-state index contributed by atoms with van der Waals surface area (Å²) in [4.78, 5) is 21.6. The van der Waals surface area contributed by atoms with Gasteiger partial charge in [-0.3, -0.25) is 9.59 Å². The minimum absolute atomic E-state index is 0.00164. The number of ether oxygens (including phenoxy) is 1. The third kappa shape index (κ3) is 12.8. The van der Waals surface area contributed by atoms with Gasteiger partial charge in [0.1, 0.15) is 6.61 Å². The van der Waals surface area contributed by atoms with E-state index < -0.39 is 5.91 Å². The van der Waals surface area contributed by atoms with E-state index in [-0.39, 0.29) is 12.5 Å². The summed E-state index contributed by atoms with van der Waals surface area (Å²) in [5, 5.41) is 5.93. The normalized spacial score (nSPS) is 10.5. The van der Waals surface area contributed by atoms with E-state index >= 15 is 0 Å². The second kappa shape index (κ2) is 10.0. The third-order valence-corrected chi connectivity index (χ3v) is 1.95. The van der Waals surface area contributed by atoms with E-state index in [2.05, 4.69) is 24.5 Å². The van der Waals surface area contributed by atoms with Crippen LogP contribution in [0.4, 0.5) is 0 Å². The average molecular weight is 245 g/mol. The van der Waals surface area contributed by atoms with Crippen molar-refractivity contribution in [3.05, 3.63) is 0 Å². The summed E-state index contributed by atoms with van der Waals surface area (Å²) in [6.07, 6.45) is 1.31. The fourth-order valence-electron chi connectivity index (χ4n) is 1.16. The zero-order valence-electron chi connectivity index (χ0n) is 10.6. The predicted octanol–water partition coefficient (Wildman–Crippen LogP) is -0.617. The fourth-order valence-corrected chi connectivity index (χ4v) is 1.16. The van der Waals surface area contributed by atoms with Crippen molar-refractivity contribution in [2.75, 3.05) is 26.3 Å². The van der Waals surface area contributed by atoms with Crippen molar-refractivity contribution in [1.82, 2.24) is 10.6 Å². The summed E-state index contributed by atoms with van der Waals surface area (Å²) < 4.78 is 4.90. The number of primary amides is 1. The van der Waals surface area contributed by atoms with E-state index in [0.717, 1.165) is 13.0 Å². The largest absolute Gasteiger partial charge is 0.370 e. The molecule has 0 fully saturated rings. The lowest BCUT2D eigenvalue weighted by Crippen LogP contribution is -2.30. The smallest absolute Gasteiger partial charge is 0.243 e. The maximum atomic E-state index is 11.3. The first-order valence-corrected chi connectivity index (χ1v) is 5.88. The molecule has 0 aliphatic heterocycles. The van der Waals surface area contributed by atoms with E-state index in [1.165, 1.54) is 0 Å². The molecule has 17 heavy (non-hydrogen) atoms. The Morgan fingerprint density at radius 3 is 2.59 bits per heavy atom. The Hall–Kier alpha value is -1.14. The molecular weight excluding hydrogens is 222 g/mol. The molecule has 6 heteroatoms. The van der Waals surface area contributed by atoms with Gasteiger partial charge >= 0.3 is 0 Å². The molecule has 0 atom stereocenters. The van der Waals surface area contributed by atoms with Crippen LogP contribution in [0.25, 0.3) is 0 Å². The van der Waals surface area contributed by atoms with E-state index in [1.54, 1.807) is 0 Å². The minimum Gasteiger partial charge on any atom is -0.370 e. The van der Waals surface area contributed by atoms with Crippen molar-refractivity contribution < 1.29 is 14.3 Å². The van der Waals surface area contributed by atoms with Gasteiger partial charge in [-0.15, -0.1) is 0 Å². The Balaban J connectivity index is 3.26. The maximum Gasteiger partial charge on any atom is 0.243 e. The molecule has 0 saturated carbocycles. The van der Waals surface area contributed by atoms with Crippen LogP contribution in [-0.4, -0.2) is 44.2 Å². The second-order valence-corrected chi connectivity index (χ2v) is 4.08. The van der Waals surface area contributed by atoms with Crippen LogP contribution in [0.1, 0.15) is 26.7 Å². The molecule has 0 saturated heterocycles. The molecule has 0 bridgehead atoms. The van der Waals surface area contributed by atoms with Gasteiger partial charge < -0.3 is 21.1 Å². The number of amides is 2. The molecule has 0 aliphatic rings. The molecule has 0 spiro atoms. The lowest BCUT2D eigenvalue weighted by Gasteiger charge is -2.08. The van der Waals surface area contributed by atoms with E-state index in [0.29, 0.717) is 25.6 Å². The van der Waals surface area contributed by atoms with E-state index in [9.17, 15) is 9.59 Å². The molecule has 0 aliphatic carbocycles. The molecule has 4 N–H and O–H groups in total. The van der Waals surface area contributed by atoms with Crippen LogP contribution in [0.2, 0.25) is 0 Å². The van der Waals surface area contributed by atoms with Crippen LogP contribution < -0.4 is 16.4 Å². The maximum absolute atomic E-state index is 11.3. The van der Waals surface area contributed by atoms with Crippen LogP contribution in [0.5, 0.6) is 0 Å². The van der Waals surface area contributed by atoms with Gasteiger partial charge in [0.2, 0.25) is 11.8 Å². The first kappa shape index (κ1) is 15.9. The highest BCUT2D eigenvalue weighted by atomic mass is 16.5. The highest BCUT2D eigenvalue weighted by molar-refractivity contribution is 5.76. The Morgan fingerprint density at radius 2 is 2.00 bits per heavy atom. The summed E-state index contributed by atoms with van der Waals surface area (Å²) in [6.45, 7) is 5.58. The number of nitrogens with two attached hydrogens (primary N) is 1. The Morgan fingerprint density at radius 1 is 1.29 bits per heavy atom. The van der Waals surface area contributed by atoms with Gasteiger partial charge in [-0.1, -0.05) is 13.8 Å². The van der Waals surface area contributed by atoms with Crippen LogP contribution in [-0.2, 0) is 14.3 Å². The number of rotatable bonds is 10. The second-order valence-electron chi connectivity index (χ2n) is 4.08. The SMILES string of the molecule is CC(C)NCCCC(=O)NCCOCC(N)=O. The summed E-state index contributed by atoms with van der Waals surface area (Å²) in [5.74, 6) is -0.505. The third-order valence-electron chi connectivity index (χ3n) is 1.95. The van der Waals surface area contributed by atoms with Crippen molar-refractivity contribution in [2.45, 2.75) is 32.7 Å². The molecule has 100 valence electrons. The quantitative estimate of drug-likeness (QED) is 0.447. The molecule has 0 aromatic rings. The summed E-state index contributed by atoms with van der Waals surface area (Å²) in [6, 6.07) is 0.445. The number of carbonyl (C=O) groups excluding carboxylic acids is 2. The predicted molar refractivity (Wildman–Crippen MR) is 65.4 cm³/mol. The monoisotopic (exact) mass is 245 g/mol. The highest BCUT2D eigenvalue weighted by Crippen LogP contribution is 1.88. The molecule has 0 heterocycles. The molecule has 6 nitrogen and oxygen atoms in total. The van der Waals surface area contributed by atoms with Gasteiger partial charge in [0.05, 0.1) is 6.61 Å². The van der Waals surface area contributed by atoms with Crippen LogP contribution in [0.15, 0.2) is 0 Å². The first-order chi connectivity index (χ1) is 8.02. The molecule has 0 unspecified atom stereocenters. The van der Waals surface area contributed by atoms with Crippen molar-refractivity contribution in [2.24, 2.45) is 5.73 Å². The summed E-state index contributed by atoms with van der Waals surface area (Å²) >= 11 is 0. The van der Waals surface area contributed by atoms with Crippen LogP contribution >= 0.6 is 0 Å². The average Bonchev–Trinajstić information content (AvgIpc) is 2.23. The molecule has 0 rings (SSSR count). The minimum atomic E-state index is -0.504. The van der Waals surface area contributed by atoms with Crippen molar-refractivity contribution in [3.8, 4) is 0 Å². The van der Waals surface area contributed by atoms with Gasteiger partial charge in [0, 0.05) is 19.0 Å². The van der Waals surface area contributed by atoms with Crippen molar-refractivity contribution in [1.29, 1.82) is 0 Å². The zero-order chi connectivity index (χ0) is 13.1. The number of carbonyl (C=O) groups is 2. The number of nitrogens with one attached hydrogen (secondary N) is 2. The molecule has 0 aromatic heterocycles. The molecule has 0 aromatic carbocycles. The topological polar surface area (TPSA) is 93.4 Å². The van der Waals surface area contributed by atoms with Gasteiger partial charge in [-0.05, 0) is 13.0 Å². The van der Waals surface area contributed by atoms with E-state index in [4.69, 9.17) is 10.5 Å². The highest BCUT2D eigenvalue weighted by Gasteiger charge is 2.01. The standard InChI is InChI=1S/C11H23N3O3/c1-9(2)13-5-3-4-11(16)14-6-7-17-8-10(12)15/h9,13H,3-8H2,1-2H3,(H2,12,15)(H,14,16). The van der Waals surface area contributed by atoms with Gasteiger partial charge in [-0.25, -0.2) is 0 Å². The number of hydrogen-bond donors (Lipinski definition) is 3. The van der Waals surface area contributed by atoms with Crippen LogP contribution in [0, 0.1) is 0 Å². The van der Waals surface area contributed by atoms with Gasteiger partial charge in [0.15, 0.2) is 0 Å². The fraction of sp³-hybridized carbons (Fsp3) is 0.818. The first-order valence-electron chi connectivity index (χ1n) is 5.88. The Kier molecular flexibility index (Phi) is 9.37. The lowest BCUT2D eigenvalue weighted by atomic mass is 10.2. The van der Waals surface area contributed by atoms with Crippen molar-refractivity contribution >= 4 is 11.8 Å². The van der Waals surface area contributed by atoms with Crippen molar-refractivity contribution in [3.63, 3.8) is 0 Å². The summed E-state index contributed by atoms with van der Waals surface area (Å²) in [5.41, 5.74) is 4.88. The molecule has 2 amide bonds. The van der Waals surface area contributed by atoms with E-state index in [1.807, 2.05) is 0 Å². The van der Waals surface area contributed by atoms with Gasteiger partial charge in [0.25, 0.3) is 0 Å². The van der Waals surface area contributed by atoms with Gasteiger partial charge in [-0.2, -0.15) is 0 Å². The molecule has 0 radical (unpaired) electrons. The Labute approximate surface area is 102 Å². The number of hydrogen-bond acceptors (Lipinski definition) is 4. The Bertz CT molecular complexity index is 232. The molecular formula is C11H23N3O3. The summed E-state index contributed by atoms with van der Waals surface area (Å²) in [7, 11) is 0. The lowest BCUT2D eigenvalue weighted by molar-refractivity contribution is -0.122.